The molecule has 1 unspecified atom stereocenters. The maximum Gasteiger partial charge on any atom is 0.0463 e. The number of hydrogen-bond acceptors (Lipinski definition) is 2. The summed E-state index contributed by atoms with van der Waals surface area (Å²) in [6, 6.07) is 0.713. The maximum absolute atomic E-state index is 4.06. The third-order valence-electron chi connectivity index (χ3n) is 2.29. The molecule has 0 saturated heterocycles. The maximum atomic E-state index is 4.06. The Balaban J connectivity index is 4.02. The van der Waals surface area contributed by atoms with Crippen LogP contribution < -0.4 is 10.6 Å². The third kappa shape index (κ3) is 6.13. The quantitative estimate of drug-likeness (QED) is 0.569. The van der Waals surface area contributed by atoms with Crippen LogP contribution in [0, 0.1) is 0 Å². The van der Waals surface area contributed by atoms with Crippen molar-refractivity contribution in [3.8, 4) is 0 Å². The second-order valence-electron chi connectivity index (χ2n) is 3.75. The van der Waals surface area contributed by atoms with Crippen molar-refractivity contribution < 1.29 is 0 Å². The van der Waals surface area contributed by atoms with Crippen LogP contribution in [-0.2, 0) is 0 Å². The van der Waals surface area contributed by atoms with Gasteiger partial charge in [-0.3, -0.25) is 0 Å². The molecule has 0 spiro atoms. The normalized spacial score (nSPS) is 14.0. The minimum Gasteiger partial charge on any atom is -0.385 e. The van der Waals surface area contributed by atoms with Crippen LogP contribution in [0.15, 0.2) is 37.6 Å². The van der Waals surface area contributed by atoms with Crippen LogP contribution in [0.1, 0.15) is 26.7 Å². The molecule has 0 aliphatic carbocycles. The van der Waals surface area contributed by atoms with Gasteiger partial charge in [-0.2, -0.15) is 0 Å². The second-order valence-corrected chi connectivity index (χ2v) is 3.75. The lowest BCUT2D eigenvalue weighted by Crippen LogP contribution is -2.38. The van der Waals surface area contributed by atoms with E-state index in [-0.39, 0.29) is 0 Å². The van der Waals surface area contributed by atoms with E-state index in [1.54, 1.807) is 0 Å². The van der Waals surface area contributed by atoms with Crippen molar-refractivity contribution in [2.45, 2.75) is 38.8 Å². The largest absolute Gasteiger partial charge is 0.385 e. The Morgan fingerprint density at radius 2 is 2.00 bits per heavy atom. The summed E-state index contributed by atoms with van der Waals surface area (Å²) in [5.41, 5.74) is 1.05. The molecule has 0 fully saturated rings. The van der Waals surface area contributed by atoms with Crippen LogP contribution in [0.4, 0.5) is 0 Å². The molecule has 2 heteroatoms. The lowest BCUT2D eigenvalue weighted by molar-refractivity contribution is 0.514. The van der Waals surface area contributed by atoms with Crippen molar-refractivity contribution in [2.75, 3.05) is 6.54 Å². The van der Waals surface area contributed by atoms with Gasteiger partial charge in [-0.05, 0) is 19.8 Å². The molecule has 0 heterocycles. The van der Waals surface area contributed by atoms with Crippen molar-refractivity contribution in [2.24, 2.45) is 0 Å². The van der Waals surface area contributed by atoms with E-state index in [0.29, 0.717) is 12.1 Å². The highest BCUT2D eigenvalue weighted by Crippen LogP contribution is 2.03. The average Bonchev–Trinajstić information content (AvgIpc) is 2.19. The molecule has 2 N–H and O–H groups in total. The summed E-state index contributed by atoms with van der Waals surface area (Å²) in [5.74, 6) is 0. The SMILES string of the molecule is C=CCN[C@@H](CC)C(=C)NC(C)CC=C. The Hall–Kier alpha value is -1.02. The van der Waals surface area contributed by atoms with Gasteiger partial charge in [0.1, 0.15) is 0 Å². The molecule has 0 amide bonds. The molecular formula is C13H24N2. The van der Waals surface area contributed by atoms with Crippen LogP contribution in [0.25, 0.3) is 0 Å². The van der Waals surface area contributed by atoms with Crippen LogP contribution in [0.2, 0.25) is 0 Å². The van der Waals surface area contributed by atoms with E-state index in [9.17, 15) is 0 Å². The van der Waals surface area contributed by atoms with Crippen LogP contribution in [0.3, 0.4) is 0 Å². The van der Waals surface area contributed by atoms with E-state index in [0.717, 1.165) is 25.1 Å². The minimum atomic E-state index is 0.315. The molecule has 0 aromatic heterocycles. The predicted octanol–water partition coefficient (Wildman–Crippen LogP) is 2.61. The first-order valence-electron chi connectivity index (χ1n) is 5.56. The fourth-order valence-corrected chi connectivity index (χ4v) is 1.47. The highest BCUT2D eigenvalue weighted by atomic mass is 15.0. The van der Waals surface area contributed by atoms with Crippen molar-refractivity contribution >= 4 is 0 Å². The van der Waals surface area contributed by atoms with Gasteiger partial charge in [-0.25, -0.2) is 0 Å². The van der Waals surface area contributed by atoms with E-state index >= 15 is 0 Å². The smallest absolute Gasteiger partial charge is 0.0463 e. The van der Waals surface area contributed by atoms with Gasteiger partial charge in [0.15, 0.2) is 0 Å². The molecule has 2 nitrogen and oxygen atoms in total. The van der Waals surface area contributed by atoms with Gasteiger partial charge in [0.25, 0.3) is 0 Å². The van der Waals surface area contributed by atoms with Gasteiger partial charge in [-0.1, -0.05) is 25.7 Å². The van der Waals surface area contributed by atoms with Crippen molar-refractivity contribution in [3.05, 3.63) is 37.6 Å². The van der Waals surface area contributed by atoms with Gasteiger partial charge in [0.05, 0.1) is 0 Å². The van der Waals surface area contributed by atoms with Crippen LogP contribution >= 0.6 is 0 Å². The summed E-state index contributed by atoms with van der Waals surface area (Å²) in [6.07, 6.45) is 5.77. The number of hydrogen-bond donors (Lipinski definition) is 2. The van der Waals surface area contributed by atoms with Gasteiger partial charge in [0, 0.05) is 24.3 Å². The summed E-state index contributed by atoms with van der Waals surface area (Å²) >= 11 is 0. The predicted molar refractivity (Wildman–Crippen MR) is 68.8 cm³/mol. The lowest BCUT2D eigenvalue weighted by Gasteiger charge is -2.23. The molecule has 0 aliphatic rings. The van der Waals surface area contributed by atoms with E-state index in [2.05, 4.69) is 44.2 Å². The minimum absolute atomic E-state index is 0.315. The molecule has 0 bridgehead atoms. The zero-order valence-electron chi connectivity index (χ0n) is 10.1. The fourth-order valence-electron chi connectivity index (χ4n) is 1.47. The van der Waals surface area contributed by atoms with E-state index in [1.165, 1.54) is 0 Å². The third-order valence-corrected chi connectivity index (χ3v) is 2.29. The molecule has 0 aromatic rings. The first-order valence-corrected chi connectivity index (χ1v) is 5.56. The molecule has 0 saturated carbocycles. The fraction of sp³-hybridized carbons (Fsp3) is 0.538. The monoisotopic (exact) mass is 208 g/mol. The lowest BCUT2D eigenvalue weighted by atomic mass is 10.1. The van der Waals surface area contributed by atoms with Crippen LogP contribution in [0.5, 0.6) is 0 Å². The summed E-state index contributed by atoms with van der Waals surface area (Å²) in [7, 11) is 0. The molecule has 0 radical (unpaired) electrons. The number of rotatable bonds is 9. The van der Waals surface area contributed by atoms with Gasteiger partial charge < -0.3 is 10.6 Å². The van der Waals surface area contributed by atoms with Crippen molar-refractivity contribution in [3.63, 3.8) is 0 Å². The Morgan fingerprint density at radius 3 is 2.47 bits per heavy atom. The molecule has 0 aliphatic heterocycles. The zero-order chi connectivity index (χ0) is 11.7. The van der Waals surface area contributed by atoms with Crippen LogP contribution in [-0.4, -0.2) is 18.6 Å². The Labute approximate surface area is 94.1 Å². The van der Waals surface area contributed by atoms with Gasteiger partial charge in [0.2, 0.25) is 0 Å². The molecule has 15 heavy (non-hydrogen) atoms. The Morgan fingerprint density at radius 1 is 1.33 bits per heavy atom. The Kier molecular flexibility index (Phi) is 7.74. The average molecular weight is 208 g/mol. The summed E-state index contributed by atoms with van der Waals surface area (Å²) in [6.45, 7) is 16.6. The van der Waals surface area contributed by atoms with E-state index < -0.39 is 0 Å². The zero-order valence-corrected chi connectivity index (χ0v) is 10.1. The summed E-state index contributed by atoms with van der Waals surface area (Å²) in [5, 5.41) is 6.74. The molecule has 2 atom stereocenters. The first-order chi connectivity index (χ1) is 7.15. The second kappa shape index (κ2) is 8.30. The highest BCUT2D eigenvalue weighted by Gasteiger charge is 2.10. The highest BCUT2D eigenvalue weighted by molar-refractivity contribution is 5.05. The summed E-state index contributed by atoms with van der Waals surface area (Å²) < 4.78 is 0. The van der Waals surface area contributed by atoms with E-state index in [1.807, 2.05) is 12.2 Å². The van der Waals surface area contributed by atoms with Crippen molar-refractivity contribution in [1.82, 2.24) is 10.6 Å². The first kappa shape index (κ1) is 14.0. The summed E-state index contributed by atoms with van der Waals surface area (Å²) in [4.78, 5) is 0. The standard InChI is InChI=1S/C13H24N2/c1-6-9-11(4)15-12(5)13(8-3)14-10-7-2/h6-7,11,13-15H,1-2,5,8-10H2,3-4H3/t11?,13-/m0/s1. The molecule has 0 aromatic carbocycles. The molecule has 0 rings (SSSR count). The molecule has 86 valence electrons. The molecular weight excluding hydrogens is 184 g/mol. The van der Waals surface area contributed by atoms with Gasteiger partial charge >= 0.3 is 0 Å². The topological polar surface area (TPSA) is 24.1 Å². The van der Waals surface area contributed by atoms with E-state index in [4.69, 9.17) is 0 Å². The van der Waals surface area contributed by atoms with Gasteiger partial charge in [-0.15, -0.1) is 13.2 Å². The van der Waals surface area contributed by atoms with Crippen molar-refractivity contribution in [1.29, 1.82) is 0 Å². The number of nitrogens with one attached hydrogen (secondary N) is 2. The Bertz CT molecular complexity index is 209.